The van der Waals surface area contributed by atoms with Crippen molar-refractivity contribution in [3.05, 3.63) is 95.8 Å². The SMILES string of the molecule is O=S(=O)(c1ccccc1)N(Cc1cccc(OCCc2ccccc2F)c1)C[C@@H]1CCCO1. The minimum Gasteiger partial charge on any atom is -0.493 e. The van der Waals surface area contributed by atoms with E-state index in [9.17, 15) is 12.8 Å². The van der Waals surface area contributed by atoms with Crippen molar-refractivity contribution >= 4 is 10.0 Å². The molecule has 0 aliphatic carbocycles. The molecule has 0 amide bonds. The van der Waals surface area contributed by atoms with Gasteiger partial charge in [0.1, 0.15) is 11.6 Å². The lowest BCUT2D eigenvalue weighted by Gasteiger charge is -2.25. The molecular weight excluding hydrogens is 441 g/mol. The summed E-state index contributed by atoms with van der Waals surface area (Å²) in [6, 6.07) is 22.5. The summed E-state index contributed by atoms with van der Waals surface area (Å²) in [5.74, 6) is 0.378. The van der Waals surface area contributed by atoms with Gasteiger partial charge < -0.3 is 9.47 Å². The number of nitrogens with zero attached hydrogens (tertiary/aromatic N) is 1. The van der Waals surface area contributed by atoms with Crippen molar-refractivity contribution in [3.8, 4) is 5.75 Å². The molecule has 0 spiro atoms. The summed E-state index contributed by atoms with van der Waals surface area (Å²) >= 11 is 0. The molecule has 0 N–H and O–H groups in total. The quantitative estimate of drug-likeness (QED) is 0.427. The van der Waals surface area contributed by atoms with Crippen LogP contribution in [0.2, 0.25) is 0 Å². The predicted octanol–water partition coefficient (Wildman–Crippen LogP) is 4.82. The fraction of sp³-hybridized carbons (Fsp3) is 0.308. The van der Waals surface area contributed by atoms with Crippen LogP contribution in [-0.4, -0.2) is 38.6 Å². The number of hydrogen-bond donors (Lipinski definition) is 0. The smallest absolute Gasteiger partial charge is 0.243 e. The maximum atomic E-state index is 13.8. The Bertz CT molecular complexity index is 1150. The van der Waals surface area contributed by atoms with E-state index in [1.54, 1.807) is 48.5 Å². The van der Waals surface area contributed by atoms with Crippen molar-refractivity contribution in [2.75, 3.05) is 19.8 Å². The van der Waals surface area contributed by atoms with Crippen molar-refractivity contribution in [3.63, 3.8) is 0 Å². The van der Waals surface area contributed by atoms with Gasteiger partial charge in [-0.15, -0.1) is 0 Å². The average molecular weight is 470 g/mol. The van der Waals surface area contributed by atoms with E-state index in [1.165, 1.54) is 10.4 Å². The molecule has 0 aromatic heterocycles. The molecule has 1 saturated heterocycles. The highest BCUT2D eigenvalue weighted by Crippen LogP contribution is 2.24. The summed E-state index contributed by atoms with van der Waals surface area (Å²) in [4.78, 5) is 0.264. The number of halogens is 1. The second-order valence-electron chi connectivity index (χ2n) is 8.08. The molecular formula is C26H28FNO4S. The van der Waals surface area contributed by atoms with Crippen molar-refractivity contribution < 1.29 is 22.3 Å². The molecule has 3 aromatic carbocycles. The first-order valence-electron chi connectivity index (χ1n) is 11.1. The largest absolute Gasteiger partial charge is 0.493 e. The minimum atomic E-state index is -3.69. The van der Waals surface area contributed by atoms with Gasteiger partial charge in [-0.05, 0) is 54.3 Å². The summed E-state index contributed by atoms with van der Waals surface area (Å²) in [7, 11) is -3.69. The van der Waals surface area contributed by atoms with Crippen LogP contribution in [0.5, 0.6) is 5.75 Å². The molecule has 0 bridgehead atoms. The van der Waals surface area contributed by atoms with Crippen LogP contribution in [0, 0.1) is 5.82 Å². The monoisotopic (exact) mass is 469 g/mol. The fourth-order valence-electron chi connectivity index (χ4n) is 3.92. The summed E-state index contributed by atoms with van der Waals surface area (Å²) in [5, 5.41) is 0. The van der Waals surface area contributed by atoms with E-state index in [0.29, 0.717) is 37.5 Å². The van der Waals surface area contributed by atoms with Crippen LogP contribution in [-0.2, 0) is 27.7 Å². The van der Waals surface area contributed by atoms with Gasteiger partial charge in [-0.3, -0.25) is 0 Å². The Morgan fingerprint density at radius 3 is 2.55 bits per heavy atom. The molecule has 3 aromatic rings. The molecule has 0 unspecified atom stereocenters. The molecule has 0 saturated carbocycles. The highest BCUT2D eigenvalue weighted by atomic mass is 32.2. The van der Waals surface area contributed by atoms with Crippen molar-refractivity contribution in [1.82, 2.24) is 4.31 Å². The number of rotatable bonds is 10. The van der Waals surface area contributed by atoms with Crippen LogP contribution < -0.4 is 4.74 Å². The molecule has 1 aliphatic rings. The van der Waals surface area contributed by atoms with Gasteiger partial charge in [0.05, 0.1) is 17.6 Å². The molecule has 33 heavy (non-hydrogen) atoms. The van der Waals surface area contributed by atoms with E-state index in [2.05, 4.69) is 0 Å². The lowest BCUT2D eigenvalue weighted by atomic mass is 10.1. The lowest BCUT2D eigenvalue weighted by molar-refractivity contribution is 0.0926. The van der Waals surface area contributed by atoms with Crippen LogP contribution in [0.1, 0.15) is 24.0 Å². The van der Waals surface area contributed by atoms with Crippen LogP contribution >= 0.6 is 0 Å². The molecule has 1 heterocycles. The first kappa shape index (κ1) is 23.4. The number of benzene rings is 3. The normalized spacial score (nSPS) is 16.2. The zero-order valence-corrected chi connectivity index (χ0v) is 19.2. The van der Waals surface area contributed by atoms with E-state index in [1.807, 2.05) is 24.3 Å². The van der Waals surface area contributed by atoms with E-state index < -0.39 is 10.0 Å². The van der Waals surface area contributed by atoms with Gasteiger partial charge in [-0.1, -0.05) is 48.5 Å². The second-order valence-corrected chi connectivity index (χ2v) is 10.0. The highest BCUT2D eigenvalue weighted by molar-refractivity contribution is 7.89. The molecule has 7 heteroatoms. The van der Waals surface area contributed by atoms with Crippen LogP contribution in [0.4, 0.5) is 4.39 Å². The topological polar surface area (TPSA) is 55.8 Å². The average Bonchev–Trinajstić information content (AvgIpc) is 3.34. The first-order valence-corrected chi connectivity index (χ1v) is 12.6. The van der Waals surface area contributed by atoms with Crippen LogP contribution in [0.25, 0.3) is 0 Å². The Morgan fingerprint density at radius 2 is 1.79 bits per heavy atom. The summed E-state index contributed by atoms with van der Waals surface area (Å²) in [6.07, 6.45) is 2.13. The molecule has 174 valence electrons. The molecule has 0 radical (unpaired) electrons. The number of hydrogen-bond acceptors (Lipinski definition) is 4. The van der Waals surface area contributed by atoms with Crippen molar-refractivity contribution in [2.45, 2.75) is 36.8 Å². The Labute approximate surface area is 194 Å². The lowest BCUT2D eigenvalue weighted by Crippen LogP contribution is -2.36. The van der Waals surface area contributed by atoms with Crippen LogP contribution in [0.15, 0.2) is 83.8 Å². The predicted molar refractivity (Wildman–Crippen MR) is 125 cm³/mol. The summed E-state index contributed by atoms with van der Waals surface area (Å²) in [5.41, 5.74) is 1.42. The van der Waals surface area contributed by atoms with E-state index in [0.717, 1.165) is 18.4 Å². The molecule has 5 nitrogen and oxygen atoms in total. The van der Waals surface area contributed by atoms with Gasteiger partial charge in [0.15, 0.2) is 0 Å². The maximum Gasteiger partial charge on any atom is 0.243 e. The standard InChI is InChI=1S/C26H28FNO4S/c27-26-14-5-4-9-22(26)15-17-32-23-10-6-8-21(18-23)19-28(20-24-11-7-16-31-24)33(29,30)25-12-2-1-3-13-25/h1-6,8-10,12-14,18,24H,7,11,15-17,19-20H2/t24-/m0/s1. The van der Waals surface area contributed by atoms with Crippen molar-refractivity contribution in [1.29, 1.82) is 0 Å². The Morgan fingerprint density at radius 1 is 1.00 bits per heavy atom. The van der Waals surface area contributed by atoms with E-state index >= 15 is 0 Å². The Hall–Kier alpha value is -2.74. The molecule has 1 fully saturated rings. The van der Waals surface area contributed by atoms with E-state index in [4.69, 9.17) is 9.47 Å². The second kappa shape index (κ2) is 10.9. The van der Waals surface area contributed by atoms with Gasteiger partial charge in [-0.25, -0.2) is 12.8 Å². The maximum absolute atomic E-state index is 13.8. The molecule has 1 aliphatic heterocycles. The van der Waals surface area contributed by atoms with Crippen molar-refractivity contribution in [2.24, 2.45) is 0 Å². The third-order valence-corrected chi connectivity index (χ3v) is 7.49. The first-order chi connectivity index (χ1) is 16.0. The zero-order chi connectivity index (χ0) is 23.1. The third kappa shape index (κ3) is 6.19. The summed E-state index contributed by atoms with van der Waals surface area (Å²) in [6.45, 7) is 1.50. The van der Waals surface area contributed by atoms with Crippen LogP contribution in [0.3, 0.4) is 0 Å². The zero-order valence-electron chi connectivity index (χ0n) is 18.4. The number of ether oxygens (including phenoxy) is 2. The highest BCUT2D eigenvalue weighted by Gasteiger charge is 2.29. The Balaban J connectivity index is 1.47. The van der Waals surface area contributed by atoms with Gasteiger partial charge >= 0.3 is 0 Å². The summed E-state index contributed by atoms with van der Waals surface area (Å²) < 4.78 is 53.6. The minimum absolute atomic E-state index is 0.108. The van der Waals surface area contributed by atoms with E-state index in [-0.39, 0.29) is 23.4 Å². The Kier molecular flexibility index (Phi) is 7.75. The van der Waals surface area contributed by atoms with Gasteiger partial charge in [0.2, 0.25) is 10.0 Å². The molecule has 4 rings (SSSR count). The third-order valence-electron chi connectivity index (χ3n) is 5.67. The van der Waals surface area contributed by atoms with Gasteiger partial charge in [0.25, 0.3) is 0 Å². The van der Waals surface area contributed by atoms with Gasteiger partial charge in [0, 0.05) is 26.1 Å². The number of sulfonamides is 1. The van der Waals surface area contributed by atoms with Gasteiger partial charge in [-0.2, -0.15) is 4.31 Å². The fourth-order valence-corrected chi connectivity index (χ4v) is 5.40. The molecule has 1 atom stereocenters.